The van der Waals surface area contributed by atoms with E-state index in [-0.39, 0.29) is 11.8 Å². The predicted octanol–water partition coefficient (Wildman–Crippen LogP) is 2.99. The van der Waals surface area contributed by atoms with E-state index in [0.29, 0.717) is 11.4 Å². The second-order valence-corrected chi connectivity index (χ2v) is 5.39. The van der Waals surface area contributed by atoms with Crippen LogP contribution < -0.4 is 10.1 Å². The van der Waals surface area contributed by atoms with E-state index in [2.05, 4.69) is 5.32 Å². The van der Waals surface area contributed by atoms with Crippen molar-refractivity contribution in [2.45, 2.75) is 38.1 Å². The number of benzene rings is 1. The SMILES string of the molecule is COc1ccc(Cl)cc1CC(=O)C1CCCCCN1. The van der Waals surface area contributed by atoms with Gasteiger partial charge in [0, 0.05) is 17.0 Å². The first-order valence-electron chi connectivity index (χ1n) is 6.79. The van der Waals surface area contributed by atoms with Gasteiger partial charge in [0.2, 0.25) is 0 Å². The quantitative estimate of drug-likeness (QED) is 0.922. The van der Waals surface area contributed by atoms with Crippen LogP contribution in [-0.2, 0) is 11.2 Å². The number of halogens is 1. The summed E-state index contributed by atoms with van der Waals surface area (Å²) in [6.07, 6.45) is 4.79. The maximum Gasteiger partial charge on any atom is 0.154 e. The summed E-state index contributed by atoms with van der Waals surface area (Å²) in [4.78, 5) is 12.3. The fourth-order valence-electron chi connectivity index (χ4n) is 2.50. The number of nitrogens with one attached hydrogen (secondary N) is 1. The van der Waals surface area contributed by atoms with E-state index < -0.39 is 0 Å². The second kappa shape index (κ2) is 6.92. The average molecular weight is 282 g/mol. The Hall–Kier alpha value is -1.06. The summed E-state index contributed by atoms with van der Waals surface area (Å²) in [6.45, 7) is 0.934. The maximum absolute atomic E-state index is 12.3. The number of ether oxygens (including phenoxy) is 1. The number of Topliss-reactive ketones (excluding diaryl/α,β-unsaturated/α-hetero) is 1. The summed E-state index contributed by atoms with van der Waals surface area (Å²) in [6, 6.07) is 5.38. The van der Waals surface area contributed by atoms with E-state index in [1.54, 1.807) is 13.2 Å². The van der Waals surface area contributed by atoms with E-state index in [9.17, 15) is 4.79 Å². The molecular formula is C15H20ClNO2. The number of hydrogen-bond acceptors (Lipinski definition) is 3. The van der Waals surface area contributed by atoms with Gasteiger partial charge in [0.25, 0.3) is 0 Å². The Bertz CT molecular complexity index is 440. The molecule has 19 heavy (non-hydrogen) atoms. The third-order valence-electron chi connectivity index (χ3n) is 3.56. The number of hydrogen-bond donors (Lipinski definition) is 1. The molecule has 0 aliphatic carbocycles. The molecule has 104 valence electrons. The number of rotatable bonds is 4. The smallest absolute Gasteiger partial charge is 0.154 e. The minimum absolute atomic E-state index is 0.0220. The molecule has 4 heteroatoms. The summed E-state index contributed by atoms with van der Waals surface area (Å²) in [5.74, 6) is 0.953. The van der Waals surface area contributed by atoms with Crippen molar-refractivity contribution in [3.63, 3.8) is 0 Å². The van der Waals surface area contributed by atoms with Gasteiger partial charge in [0.1, 0.15) is 5.75 Å². The maximum atomic E-state index is 12.3. The number of carbonyl (C=O) groups excluding carboxylic acids is 1. The molecular weight excluding hydrogens is 262 g/mol. The van der Waals surface area contributed by atoms with Gasteiger partial charge in [-0.05, 0) is 37.6 Å². The Balaban J connectivity index is 2.07. The highest BCUT2D eigenvalue weighted by Gasteiger charge is 2.20. The van der Waals surface area contributed by atoms with Crippen LogP contribution in [0.25, 0.3) is 0 Å². The first kappa shape index (κ1) is 14.4. The van der Waals surface area contributed by atoms with Gasteiger partial charge < -0.3 is 10.1 Å². The van der Waals surface area contributed by atoms with Gasteiger partial charge in [-0.25, -0.2) is 0 Å². The summed E-state index contributed by atoms with van der Waals surface area (Å²) in [5.41, 5.74) is 0.867. The van der Waals surface area contributed by atoms with Crippen molar-refractivity contribution in [1.82, 2.24) is 5.32 Å². The zero-order valence-corrected chi connectivity index (χ0v) is 12.0. The molecule has 1 aromatic rings. The minimum Gasteiger partial charge on any atom is -0.496 e. The first-order chi connectivity index (χ1) is 9.20. The van der Waals surface area contributed by atoms with Crippen molar-refractivity contribution < 1.29 is 9.53 Å². The molecule has 2 rings (SSSR count). The lowest BCUT2D eigenvalue weighted by molar-refractivity contribution is -0.120. The van der Waals surface area contributed by atoms with E-state index >= 15 is 0 Å². The van der Waals surface area contributed by atoms with Crippen LogP contribution in [0, 0.1) is 0 Å². The monoisotopic (exact) mass is 281 g/mol. The fraction of sp³-hybridized carbons (Fsp3) is 0.533. The summed E-state index contributed by atoms with van der Waals surface area (Å²) in [5, 5.41) is 3.97. The van der Waals surface area contributed by atoms with Crippen LogP contribution in [0.2, 0.25) is 5.02 Å². The molecule has 0 amide bonds. The summed E-state index contributed by atoms with van der Waals surface area (Å²) in [7, 11) is 1.61. The van der Waals surface area contributed by atoms with Gasteiger partial charge in [-0.15, -0.1) is 0 Å². The van der Waals surface area contributed by atoms with Crippen molar-refractivity contribution >= 4 is 17.4 Å². The summed E-state index contributed by atoms with van der Waals surface area (Å²) >= 11 is 5.99. The minimum atomic E-state index is -0.0220. The average Bonchev–Trinajstić information content (AvgIpc) is 2.68. The van der Waals surface area contributed by atoms with E-state index in [4.69, 9.17) is 16.3 Å². The molecule has 3 nitrogen and oxygen atoms in total. The van der Waals surface area contributed by atoms with Crippen molar-refractivity contribution in [1.29, 1.82) is 0 Å². The van der Waals surface area contributed by atoms with Crippen molar-refractivity contribution in [2.75, 3.05) is 13.7 Å². The fourth-order valence-corrected chi connectivity index (χ4v) is 2.69. The van der Waals surface area contributed by atoms with Crippen LogP contribution in [0.1, 0.15) is 31.2 Å². The van der Waals surface area contributed by atoms with Crippen LogP contribution in [0.15, 0.2) is 18.2 Å². The van der Waals surface area contributed by atoms with Crippen LogP contribution in [0.5, 0.6) is 5.75 Å². The first-order valence-corrected chi connectivity index (χ1v) is 7.17. The lowest BCUT2D eigenvalue weighted by Gasteiger charge is -2.15. The van der Waals surface area contributed by atoms with Crippen LogP contribution in [0.3, 0.4) is 0 Å². The lowest BCUT2D eigenvalue weighted by atomic mass is 10.00. The Morgan fingerprint density at radius 1 is 1.42 bits per heavy atom. The third-order valence-corrected chi connectivity index (χ3v) is 3.79. The highest BCUT2D eigenvalue weighted by Crippen LogP contribution is 2.24. The van der Waals surface area contributed by atoms with Gasteiger partial charge >= 0.3 is 0 Å². The van der Waals surface area contributed by atoms with Crippen molar-refractivity contribution in [3.05, 3.63) is 28.8 Å². The van der Waals surface area contributed by atoms with Gasteiger partial charge in [0.15, 0.2) is 5.78 Å². The molecule has 1 unspecified atom stereocenters. The number of ketones is 1. The Morgan fingerprint density at radius 2 is 2.26 bits per heavy atom. The van der Waals surface area contributed by atoms with Crippen LogP contribution in [0.4, 0.5) is 0 Å². The third kappa shape index (κ3) is 3.95. The van der Waals surface area contributed by atoms with Gasteiger partial charge in [-0.3, -0.25) is 4.79 Å². The second-order valence-electron chi connectivity index (χ2n) is 4.96. The highest BCUT2D eigenvalue weighted by atomic mass is 35.5. The predicted molar refractivity (Wildman–Crippen MR) is 77.0 cm³/mol. The molecule has 1 aliphatic rings. The Labute approximate surface area is 119 Å². The molecule has 1 aliphatic heterocycles. The normalized spacial score (nSPS) is 19.8. The van der Waals surface area contributed by atoms with Gasteiger partial charge in [-0.1, -0.05) is 24.4 Å². The molecule has 0 bridgehead atoms. The molecule has 0 radical (unpaired) electrons. The van der Waals surface area contributed by atoms with Crippen LogP contribution >= 0.6 is 11.6 Å². The molecule has 1 fully saturated rings. The molecule has 1 heterocycles. The summed E-state index contributed by atoms with van der Waals surface area (Å²) < 4.78 is 5.28. The number of methoxy groups -OCH3 is 1. The molecule has 1 aromatic carbocycles. The van der Waals surface area contributed by atoms with E-state index in [1.165, 1.54) is 6.42 Å². The molecule has 0 spiro atoms. The highest BCUT2D eigenvalue weighted by molar-refractivity contribution is 6.30. The largest absolute Gasteiger partial charge is 0.496 e. The Kier molecular flexibility index (Phi) is 5.23. The Morgan fingerprint density at radius 3 is 3.05 bits per heavy atom. The zero-order valence-electron chi connectivity index (χ0n) is 11.2. The van der Waals surface area contributed by atoms with Crippen LogP contribution in [-0.4, -0.2) is 25.5 Å². The topological polar surface area (TPSA) is 38.3 Å². The standard InChI is InChI=1S/C15H20ClNO2/c1-19-15-7-6-12(16)9-11(15)10-14(18)13-5-3-2-4-8-17-13/h6-7,9,13,17H,2-5,8,10H2,1H3. The molecule has 1 N–H and O–H groups in total. The lowest BCUT2D eigenvalue weighted by Crippen LogP contribution is -2.37. The molecule has 1 saturated heterocycles. The van der Waals surface area contributed by atoms with Crippen molar-refractivity contribution in [3.8, 4) is 5.75 Å². The van der Waals surface area contributed by atoms with E-state index in [1.807, 2.05) is 12.1 Å². The van der Waals surface area contributed by atoms with Crippen molar-refractivity contribution in [2.24, 2.45) is 0 Å². The molecule has 1 atom stereocenters. The number of carbonyl (C=O) groups is 1. The molecule has 0 saturated carbocycles. The molecule has 0 aromatic heterocycles. The van der Waals surface area contributed by atoms with Gasteiger partial charge in [-0.2, -0.15) is 0 Å². The van der Waals surface area contributed by atoms with E-state index in [0.717, 1.165) is 37.1 Å². The van der Waals surface area contributed by atoms with Gasteiger partial charge in [0.05, 0.1) is 13.2 Å². The zero-order chi connectivity index (χ0) is 13.7.